The van der Waals surface area contributed by atoms with E-state index in [0.29, 0.717) is 19.7 Å². The number of carbonyl (C=O) groups is 1. The smallest absolute Gasteiger partial charge is 0.245 e. The summed E-state index contributed by atoms with van der Waals surface area (Å²) in [6.45, 7) is 4.06. The second-order valence-electron chi connectivity index (χ2n) is 5.02. The number of benzene rings is 1. The van der Waals surface area contributed by atoms with E-state index in [1.165, 1.54) is 5.56 Å². The molecule has 4 nitrogen and oxygen atoms in total. The van der Waals surface area contributed by atoms with Crippen LogP contribution in [-0.4, -0.2) is 42.6 Å². The molecule has 0 saturated carbocycles. The van der Waals surface area contributed by atoms with Crippen LogP contribution in [0.5, 0.6) is 0 Å². The third-order valence-electron chi connectivity index (χ3n) is 3.62. The lowest BCUT2D eigenvalue weighted by Crippen LogP contribution is -2.49. The van der Waals surface area contributed by atoms with Crippen LogP contribution in [0.3, 0.4) is 0 Å². The Morgan fingerprint density at radius 3 is 3.06 bits per heavy atom. The van der Waals surface area contributed by atoms with Gasteiger partial charge < -0.3 is 15.0 Å². The molecule has 2 atom stereocenters. The van der Waals surface area contributed by atoms with Gasteiger partial charge in [-0.1, -0.05) is 18.2 Å². The molecule has 0 aliphatic carbocycles. The molecule has 3 rings (SSSR count). The standard InChI is InChI=1S/C14H18N2O2/c1-10-9-16(6-7-18-10)14(17)13-8-11-4-2-3-5-12(11)15-13/h2-5,10,13,15H,6-9H2,1H3/t10-,13-/m0/s1. The molecule has 0 aromatic heterocycles. The number of para-hydroxylation sites is 1. The first-order valence-electron chi connectivity index (χ1n) is 6.49. The predicted molar refractivity (Wildman–Crippen MR) is 69.6 cm³/mol. The number of nitrogens with one attached hydrogen (secondary N) is 1. The van der Waals surface area contributed by atoms with Gasteiger partial charge in [0.1, 0.15) is 6.04 Å². The van der Waals surface area contributed by atoms with Gasteiger partial charge in [0, 0.05) is 25.2 Å². The van der Waals surface area contributed by atoms with E-state index < -0.39 is 0 Å². The molecule has 4 heteroatoms. The number of rotatable bonds is 1. The summed E-state index contributed by atoms with van der Waals surface area (Å²) in [6, 6.07) is 8.02. The lowest BCUT2D eigenvalue weighted by atomic mass is 10.1. The maximum atomic E-state index is 12.4. The Hall–Kier alpha value is -1.55. The average Bonchev–Trinajstić information content (AvgIpc) is 2.81. The lowest BCUT2D eigenvalue weighted by molar-refractivity contribution is -0.138. The summed E-state index contributed by atoms with van der Waals surface area (Å²) in [4.78, 5) is 14.3. The fraction of sp³-hybridized carbons (Fsp3) is 0.500. The van der Waals surface area contributed by atoms with E-state index in [4.69, 9.17) is 4.74 Å². The molecule has 0 radical (unpaired) electrons. The summed E-state index contributed by atoms with van der Waals surface area (Å²) < 4.78 is 5.47. The first kappa shape index (κ1) is 11.5. The van der Waals surface area contributed by atoms with Crippen LogP contribution in [0.2, 0.25) is 0 Å². The zero-order chi connectivity index (χ0) is 12.5. The molecule has 18 heavy (non-hydrogen) atoms. The number of hydrogen-bond donors (Lipinski definition) is 1. The van der Waals surface area contributed by atoms with Gasteiger partial charge in [0.2, 0.25) is 5.91 Å². The van der Waals surface area contributed by atoms with Crippen molar-refractivity contribution in [1.82, 2.24) is 4.90 Å². The number of anilines is 1. The van der Waals surface area contributed by atoms with Gasteiger partial charge in [0.05, 0.1) is 12.7 Å². The van der Waals surface area contributed by atoms with E-state index in [1.54, 1.807) is 0 Å². The number of carbonyl (C=O) groups excluding carboxylic acids is 1. The fourth-order valence-electron chi connectivity index (χ4n) is 2.69. The van der Waals surface area contributed by atoms with Crippen molar-refractivity contribution >= 4 is 11.6 Å². The van der Waals surface area contributed by atoms with Crippen molar-refractivity contribution in [3.8, 4) is 0 Å². The Morgan fingerprint density at radius 1 is 1.44 bits per heavy atom. The Morgan fingerprint density at radius 2 is 2.28 bits per heavy atom. The molecular formula is C14H18N2O2. The van der Waals surface area contributed by atoms with Crippen molar-refractivity contribution in [2.75, 3.05) is 25.0 Å². The summed E-state index contributed by atoms with van der Waals surface area (Å²) in [5.74, 6) is 0.196. The van der Waals surface area contributed by atoms with Gasteiger partial charge in [-0.2, -0.15) is 0 Å². The number of morpholine rings is 1. The van der Waals surface area contributed by atoms with E-state index in [2.05, 4.69) is 11.4 Å². The van der Waals surface area contributed by atoms with Crippen LogP contribution in [0.1, 0.15) is 12.5 Å². The molecular weight excluding hydrogens is 228 g/mol. The second-order valence-corrected chi connectivity index (χ2v) is 5.02. The normalized spacial score (nSPS) is 26.6. The first-order valence-corrected chi connectivity index (χ1v) is 6.49. The highest BCUT2D eigenvalue weighted by molar-refractivity contribution is 5.87. The molecule has 1 aromatic carbocycles. The van der Waals surface area contributed by atoms with Crippen LogP contribution in [0.4, 0.5) is 5.69 Å². The predicted octanol–water partition coefficient (Wildman–Crippen LogP) is 1.27. The topological polar surface area (TPSA) is 41.6 Å². The monoisotopic (exact) mass is 246 g/mol. The Kier molecular flexibility index (Phi) is 2.96. The number of fused-ring (bicyclic) bond motifs is 1. The van der Waals surface area contributed by atoms with Crippen LogP contribution < -0.4 is 5.32 Å². The number of hydrogen-bond acceptors (Lipinski definition) is 3. The minimum absolute atomic E-state index is 0.104. The molecule has 2 heterocycles. The Labute approximate surface area is 107 Å². The van der Waals surface area contributed by atoms with E-state index >= 15 is 0 Å². The Balaban J connectivity index is 1.68. The van der Waals surface area contributed by atoms with Crippen molar-refractivity contribution < 1.29 is 9.53 Å². The Bertz CT molecular complexity index is 436. The molecule has 1 N–H and O–H groups in total. The molecule has 1 amide bonds. The highest BCUT2D eigenvalue weighted by atomic mass is 16.5. The third kappa shape index (κ3) is 2.08. The minimum Gasteiger partial charge on any atom is -0.375 e. The van der Waals surface area contributed by atoms with Gasteiger partial charge in [-0.3, -0.25) is 4.79 Å². The van der Waals surface area contributed by atoms with E-state index in [1.807, 2.05) is 30.0 Å². The zero-order valence-corrected chi connectivity index (χ0v) is 10.6. The molecule has 0 unspecified atom stereocenters. The summed E-state index contributed by atoms with van der Waals surface area (Å²) in [5.41, 5.74) is 2.33. The van der Waals surface area contributed by atoms with Crippen molar-refractivity contribution in [3.05, 3.63) is 29.8 Å². The van der Waals surface area contributed by atoms with E-state index in [9.17, 15) is 4.79 Å². The van der Waals surface area contributed by atoms with Crippen molar-refractivity contribution in [1.29, 1.82) is 0 Å². The molecule has 0 bridgehead atoms. The second kappa shape index (κ2) is 4.61. The van der Waals surface area contributed by atoms with Crippen molar-refractivity contribution in [2.45, 2.75) is 25.5 Å². The number of amides is 1. The quantitative estimate of drug-likeness (QED) is 0.811. The average molecular weight is 246 g/mol. The lowest BCUT2D eigenvalue weighted by Gasteiger charge is -2.32. The molecule has 96 valence electrons. The summed E-state index contributed by atoms with van der Waals surface area (Å²) >= 11 is 0. The van der Waals surface area contributed by atoms with Gasteiger partial charge in [-0.15, -0.1) is 0 Å². The SMILES string of the molecule is C[C@H]1CN(C(=O)[C@@H]2Cc3ccccc3N2)CCO1. The molecule has 1 saturated heterocycles. The van der Waals surface area contributed by atoms with Gasteiger partial charge in [0.25, 0.3) is 0 Å². The maximum Gasteiger partial charge on any atom is 0.245 e. The number of nitrogens with zero attached hydrogens (tertiary/aromatic N) is 1. The largest absolute Gasteiger partial charge is 0.375 e. The van der Waals surface area contributed by atoms with Crippen LogP contribution in [-0.2, 0) is 16.0 Å². The van der Waals surface area contributed by atoms with Crippen LogP contribution in [0.25, 0.3) is 0 Å². The van der Waals surface area contributed by atoms with Crippen molar-refractivity contribution in [3.63, 3.8) is 0 Å². The van der Waals surface area contributed by atoms with Crippen molar-refractivity contribution in [2.24, 2.45) is 0 Å². The molecule has 2 aliphatic heterocycles. The first-order chi connectivity index (χ1) is 8.74. The number of ether oxygens (including phenoxy) is 1. The molecule has 1 aromatic rings. The highest BCUT2D eigenvalue weighted by Crippen LogP contribution is 2.26. The molecule has 0 spiro atoms. The van der Waals surface area contributed by atoms with Gasteiger partial charge in [0.15, 0.2) is 0 Å². The molecule has 2 aliphatic rings. The van der Waals surface area contributed by atoms with Crippen LogP contribution in [0.15, 0.2) is 24.3 Å². The van der Waals surface area contributed by atoms with Gasteiger partial charge >= 0.3 is 0 Å². The zero-order valence-electron chi connectivity index (χ0n) is 10.6. The summed E-state index contributed by atoms with van der Waals surface area (Å²) in [6.07, 6.45) is 0.937. The van der Waals surface area contributed by atoms with E-state index in [-0.39, 0.29) is 18.1 Å². The van der Waals surface area contributed by atoms with Crippen LogP contribution in [0, 0.1) is 0 Å². The highest BCUT2D eigenvalue weighted by Gasteiger charge is 2.31. The fourth-order valence-corrected chi connectivity index (χ4v) is 2.69. The third-order valence-corrected chi connectivity index (χ3v) is 3.62. The maximum absolute atomic E-state index is 12.4. The summed E-state index contributed by atoms with van der Waals surface area (Å²) in [5, 5.41) is 3.31. The molecule has 1 fully saturated rings. The van der Waals surface area contributed by atoms with Gasteiger partial charge in [-0.25, -0.2) is 0 Å². The summed E-state index contributed by atoms with van der Waals surface area (Å²) in [7, 11) is 0. The van der Waals surface area contributed by atoms with Crippen LogP contribution >= 0.6 is 0 Å². The van der Waals surface area contributed by atoms with Gasteiger partial charge in [-0.05, 0) is 18.6 Å². The van der Waals surface area contributed by atoms with E-state index in [0.717, 1.165) is 12.1 Å². The minimum atomic E-state index is -0.104.